The maximum atomic E-state index is 3.64. The van der Waals surface area contributed by atoms with Crippen LogP contribution in [0.1, 0.15) is 38.3 Å². The number of hydrogen-bond acceptors (Lipinski definition) is 2. The number of rotatable bonds is 5. The minimum Gasteiger partial charge on any atom is -0.309 e. The molecule has 2 nitrogen and oxygen atoms in total. The van der Waals surface area contributed by atoms with Crippen LogP contribution in [0.25, 0.3) is 0 Å². The maximum Gasteiger partial charge on any atom is 0.0292 e. The molecule has 1 aromatic carbocycles. The summed E-state index contributed by atoms with van der Waals surface area (Å²) in [6.07, 6.45) is 2.73. The Hall–Kier alpha value is -0.380. The summed E-state index contributed by atoms with van der Waals surface area (Å²) in [5.74, 6) is 0. The van der Waals surface area contributed by atoms with Gasteiger partial charge in [-0.25, -0.2) is 0 Å². The van der Waals surface area contributed by atoms with Crippen LogP contribution in [0.4, 0.5) is 0 Å². The van der Waals surface area contributed by atoms with Crippen molar-refractivity contribution in [3.8, 4) is 0 Å². The predicted molar refractivity (Wildman–Crippen MR) is 80.8 cm³/mol. The molecular weight excluding hydrogens is 288 g/mol. The fourth-order valence-electron chi connectivity index (χ4n) is 2.55. The summed E-state index contributed by atoms with van der Waals surface area (Å²) in [5.41, 5.74) is 1.35. The Kier molecular flexibility index (Phi) is 5.22. The van der Waals surface area contributed by atoms with Gasteiger partial charge in [0, 0.05) is 23.1 Å². The number of nitrogens with one attached hydrogen (secondary N) is 1. The zero-order valence-electron chi connectivity index (χ0n) is 11.3. The summed E-state index contributed by atoms with van der Waals surface area (Å²) in [5, 5.41) is 3.64. The molecule has 2 atom stereocenters. The van der Waals surface area contributed by atoms with E-state index in [1.807, 2.05) is 0 Å². The van der Waals surface area contributed by atoms with Gasteiger partial charge in [-0.3, -0.25) is 4.90 Å². The van der Waals surface area contributed by atoms with E-state index in [0.29, 0.717) is 12.1 Å². The molecule has 1 aromatic rings. The topological polar surface area (TPSA) is 15.3 Å². The van der Waals surface area contributed by atoms with Crippen LogP contribution in [0.3, 0.4) is 0 Å². The molecule has 0 radical (unpaired) electrons. The van der Waals surface area contributed by atoms with E-state index in [0.717, 1.165) is 11.0 Å². The molecule has 1 aliphatic heterocycles. The average molecular weight is 311 g/mol. The summed E-state index contributed by atoms with van der Waals surface area (Å²) < 4.78 is 1.15. The number of benzene rings is 1. The first kappa shape index (κ1) is 14.0. The van der Waals surface area contributed by atoms with Gasteiger partial charge in [-0.1, -0.05) is 28.1 Å². The van der Waals surface area contributed by atoms with E-state index in [9.17, 15) is 0 Å². The Labute approximate surface area is 119 Å². The summed E-state index contributed by atoms with van der Waals surface area (Å²) >= 11 is 3.53. The molecule has 0 aromatic heterocycles. The fourth-order valence-corrected chi connectivity index (χ4v) is 2.97. The Bertz CT molecular complexity index is 375. The first-order valence-electron chi connectivity index (χ1n) is 6.89. The Morgan fingerprint density at radius 3 is 2.67 bits per heavy atom. The smallest absolute Gasteiger partial charge is 0.0292 e. The zero-order chi connectivity index (χ0) is 13.0. The van der Waals surface area contributed by atoms with Gasteiger partial charge < -0.3 is 5.32 Å². The van der Waals surface area contributed by atoms with E-state index >= 15 is 0 Å². The summed E-state index contributed by atoms with van der Waals surface area (Å²) in [6, 6.07) is 9.60. The van der Waals surface area contributed by atoms with Gasteiger partial charge in [0.2, 0.25) is 0 Å². The maximum absolute atomic E-state index is 3.64. The van der Waals surface area contributed by atoms with E-state index in [2.05, 4.69) is 64.3 Å². The largest absolute Gasteiger partial charge is 0.309 e. The van der Waals surface area contributed by atoms with Crippen molar-refractivity contribution >= 4 is 15.9 Å². The lowest BCUT2D eigenvalue weighted by Gasteiger charge is -2.26. The Morgan fingerprint density at radius 1 is 1.28 bits per heavy atom. The van der Waals surface area contributed by atoms with Crippen LogP contribution in [-0.2, 0) is 0 Å². The van der Waals surface area contributed by atoms with E-state index in [-0.39, 0.29) is 0 Å². The van der Waals surface area contributed by atoms with E-state index < -0.39 is 0 Å². The van der Waals surface area contributed by atoms with Crippen LogP contribution in [-0.4, -0.2) is 30.6 Å². The van der Waals surface area contributed by atoms with Gasteiger partial charge in [-0.05, 0) is 57.5 Å². The first-order valence-corrected chi connectivity index (χ1v) is 7.69. The van der Waals surface area contributed by atoms with Crippen LogP contribution < -0.4 is 5.32 Å². The van der Waals surface area contributed by atoms with Gasteiger partial charge in [0.05, 0.1) is 0 Å². The second kappa shape index (κ2) is 6.69. The number of halogens is 1. The van der Waals surface area contributed by atoms with Crippen LogP contribution in [0.2, 0.25) is 0 Å². The lowest BCUT2D eigenvalue weighted by atomic mass is 10.1. The summed E-state index contributed by atoms with van der Waals surface area (Å²) in [7, 11) is 0. The molecule has 1 aliphatic rings. The molecular formula is C15H23BrN2. The van der Waals surface area contributed by atoms with Crippen LogP contribution in [0, 0.1) is 0 Å². The van der Waals surface area contributed by atoms with Gasteiger partial charge in [-0.2, -0.15) is 0 Å². The van der Waals surface area contributed by atoms with E-state index in [4.69, 9.17) is 0 Å². The third-order valence-corrected chi connectivity index (χ3v) is 4.33. The standard InChI is InChI=1S/C15H23BrN2/c1-12(18-8-3-4-9-18)11-17-13(2)14-6-5-7-15(16)10-14/h5-7,10,12-13,17H,3-4,8-9,11H2,1-2H3. The number of nitrogens with zero attached hydrogens (tertiary/aromatic N) is 1. The third-order valence-electron chi connectivity index (χ3n) is 3.83. The normalized spacial score (nSPS) is 19.9. The highest BCUT2D eigenvalue weighted by molar-refractivity contribution is 9.10. The third kappa shape index (κ3) is 3.81. The molecule has 1 saturated heterocycles. The first-order chi connectivity index (χ1) is 8.66. The molecule has 1 heterocycles. The molecule has 0 amide bonds. The van der Waals surface area contributed by atoms with Crippen molar-refractivity contribution in [2.45, 2.75) is 38.8 Å². The molecule has 1 fully saturated rings. The molecule has 18 heavy (non-hydrogen) atoms. The highest BCUT2D eigenvalue weighted by Gasteiger charge is 2.18. The molecule has 0 aliphatic carbocycles. The van der Waals surface area contributed by atoms with Gasteiger partial charge in [0.1, 0.15) is 0 Å². The Balaban J connectivity index is 1.82. The van der Waals surface area contributed by atoms with Crippen molar-refractivity contribution in [2.24, 2.45) is 0 Å². The lowest BCUT2D eigenvalue weighted by molar-refractivity contribution is 0.247. The van der Waals surface area contributed by atoms with Crippen LogP contribution in [0.5, 0.6) is 0 Å². The monoisotopic (exact) mass is 310 g/mol. The second-order valence-electron chi connectivity index (χ2n) is 5.28. The lowest BCUT2D eigenvalue weighted by Crippen LogP contribution is -2.39. The van der Waals surface area contributed by atoms with E-state index in [1.165, 1.54) is 31.5 Å². The second-order valence-corrected chi connectivity index (χ2v) is 6.19. The SMILES string of the molecule is CC(NCC(C)N1CCCC1)c1cccc(Br)c1. The van der Waals surface area contributed by atoms with Gasteiger partial charge in [0.25, 0.3) is 0 Å². The minimum atomic E-state index is 0.410. The quantitative estimate of drug-likeness (QED) is 0.894. The van der Waals surface area contributed by atoms with Gasteiger partial charge in [-0.15, -0.1) is 0 Å². The molecule has 0 saturated carbocycles. The molecule has 2 unspecified atom stereocenters. The van der Waals surface area contributed by atoms with Crippen molar-refractivity contribution in [3.05, 3.63) is 34.3 Å². The molecule has 0 spiro atoms. The van der Waals surface area contributed by atoms with E-state index in [1.54, 1.807) is 0 Å². The van der Waals surface area contributed by atoms with Crippen molar-refractivity contribution in [1.29, 1.82) is 0 Å². The molecule has 3 heteroatoms. The Morgan fingerprint density at radius 2 is 2.00 bits per heavy atom. The van der Waals surface area contributed by atoms with Gasteiger partial charge >= 0.3 is 0 Å². The van der Waals surface area contributed by atoms with Crippen molar-refractivity contribution < 1.29 is 0 Å². The van der Waals surface area contributed by atoms with Crippen LogP contribution in [0.15, 0.2) is 28.7 Å². The van der Waals surface area contributed by atoms with Crippen molar-refractivity contribution in [1.82, 2.24) is 10.2 Å². The van der Waals surface area contributed by atoms with Crippen molar-refractivity contribution in [2.75, 3.05) is 19.6 Å². The zero-order valence-corrected chi connectivity index (χ0v) is 12.9. The number of hydrogen-bond donors (Lipinski definition) is 1. The van der Waals surface area contributed by atoms with Gasteiger partial charge in [0.15, 0.2) is 0 Å². The molecule has 1 N–H and O–H groups in total. The molecule has 100 valence electrons. The summed E-state index contributed by atoms with van der Waals surface area (Å²) in [6.45, 7) is 8.17. The van der Waals surface area contributed by atoms with Crippen molar-refractivity contribution in [3.63, 3.8) is 0 Å². The highest BCUT2D eigenvalue weighted by atomic mass is 79.9. The fraction of sp³-hybridized carbons (Fsp3) is 0.600. The summed E-state index contributed by atoms with van der Waals surface area (Å²) in [4.78, 5) is 2.58. The van der Waals surface area contributed by atoms with Crippen LogP contribution >= 0.6 is 15.9 Å². The average Bonchev–Trinajstić information content (AvgIpc) is 2.89. The molecule has 0 bridgehead atoms. The predicted octanol–water partition coefficient (Wildman–Crippen LogP) is 3.58. The molecule has 2 rings (SSSR count). The minimum absolute atomic E-state index is 0.410. The highest BCUT2D eigenvalue weighted by Crippen LogP contribution is 2.18. The number of likely N-dealkylation sites (tertiary alicyclic amines) is 1.